The van der Waals surface area contributed by atoms with E-state index in [0.717, 1.165) is 19.3 Å². The molecule has 3 aliphatic heterocycles. The number of rotatable bonds is 20. The van der Waals surface area contributed by atoms with E-state index in [4.69, 9.17) is 52.1 Å². The van der Waals surface area contributed by atoms with Gasteiger partial charge in [0.15, 0.2) is 18.7 Å². The second-order valence-electron chi connectivity index (χ2n) is 21.0. The van der Waals surface area contributed by atoms with Crippen LogP contribution in [0.2, 0.25) is 0 Å². The van der Waals surface area contributed by atoms with E-state index in [2.05, 4.69) is 17.0 Å². The molecule has 19 heteroatoms. The highest BCUT2D eigenvalue weighted by Crippen LogP contribution is 2.44. The number of esters is 5. The summed E-state index contributed by atoms with van der Waals surface area (Å²) in [6.07, 6.45) is -7.47. The number of carbonyl (C=O) groups is 5. The van der Waals surface area contributed by atoms with Crippen LogP contribution in [-0.4, -0.2) is 185 Å². The number of unbranched alkanes of at least 4 members (excludes halogenated alkanes) is 1. The Morgan fingerprint density at radius 2 is 1.49 bits per heavy atom. The lowest BCUT2D eigenvalue weighted by molar-refractivity contribution is -0.319. The minimum Gasteiger partial charge on any atom is -0.463 e. The third-order valence-corrected chi connectivity index (χ3v) is 14.8. The zero-order valence-corrected chi connectivity index (χ0v) is 46.7. The number of ether oxygens (including phenoxy) is 11. The third-order valence-electron chi connectivity index (χ3n) is 14.8. The van der Waals surface area contributed by atoms with Crippen LogP contribution < -0.4 is 0 Å². The van der Waals surface area contributed by atoms with Gasteiger partial charge in [0.2, 0.25) is 0 Å². The second-order valence-corrected chi connectivity index (χ2v) is 21.0. The molecule has 0 spiro atoms. The molecular weight excluding hydrogens is 961 g/mol. The van der Waals surface area contributed by atoms with E-state index in [1.165, 1.54) is 40.7 Å². The summed E-state index contributed by atoms with van der Waals surface area (Å²) in [5, 5.41) is 11.7. The third kappa shape index (κ3) is 18.5. The molecular formula is C55H90N2O17. The summed E-state index contributed by atoms with van der Waals surface area (Å²) in [6, 6.07) is 9.55. The molecule has 0 amide bonds. The predicted molar refractivity (Wildman–Crippen MR) is 272 cm³/mol. The number of hydrogen-bond acceptors (Lipinski definition) is 19. The molecule has 4 rings (SSSR count). The maximum absolute atomic E-state index is 14.2. The predicted octanol–water partition coefficient (Wildman–Crippen LogP) is 5.82. The smallest absolute Gasteiger partial charge is 0.309 e. The van der Waals surface area contributed by atoms with E-state index in [0.29, 0.717) is 32.5 Å². The van der Waals surface area contributed by atoms with Gasteiger partial charge in [-0.3, -0.25) is 28.9 Å². The van der Waals surface area contributed by atoms with Crippen molar-refractivity contribution in [1.82, 2.24) is 9.80 Å². The van der Waals surface area contributed by atoms with Crippen molar-refractivity contribution in [2.75, 3.05) is 55.1 Å². The van der Waals surface area contributed by atoms with Gasteiger partial charge < -0.3 is 62.1 Å². The molecule has 3 saturated heterocycles. The van der Waals surface area contributed by atoms with Gasteiger partial charge in [0, 0.05) is 79.9 Å². The molecule has 1 N–H and O–H groups in total. The number of aliphatic hydroxyl groups is 1. The fourth-order valence-electron chi connectivity index (χ4n) is 11.1. The number of likely N-dealkylation sites (N-methyl/N-ethyl adjacent to an activating group) is 1. The molecule has 0 radical (unpaired) electrons. The van der Waals surface area contributed by atoms with Gasteiger partial charge >= 0.3 is 29.8 Å². The molecule has 0 aromatic heterocycles. The fraction of sp³-hybridized carbons (Fsp3) is 0.800. The van der Waals surface area contributed by atoms with Crippen LogP contribution >= 0.6 is 0 Å². The molecule has 0 bridgehead atoms. The topological polar surface area (TPSA) is 214 Å². The van der Waals surface area contributed by atoms with E-state index in [9.17, 15) is 29.1 Å². The first-order chi connectivity index (χ1) is 35.0. The molecule has 0 unspecified atom stereocenters. The monoisotopic (exact) mass is 1050 g/mol. The van der Waals surface area contributed by atoms with Crippen molar-refractivity contribution in [3.63, 3.8) is 0 Å². The van der Waals surface area contributed by atoms with Crippen molar-refractivity contribution >= 4 is 29.8 Å². The average molecular weight is 1050 g/mol. The lowest BCUT2D eigenvalue weighted by Crippen LogP contribution is -2.68. The van der Waals surface area contributed by atoms with Crippen LogP contribution in [0.15, 0.2) is 30.3 Å². The van der Waals surface area contributed by atoms with Crippen molar-refractivity contribution < 1.29 is 81.2 Å². The quantitative estimate of drug-likeness (QED) is 0.0706. The molecule has 0 aliphatic carbocycles. The molecule has 1 aromatic rings. The summed E-state index contributed by atoms with van der Waals surface area (Å²) in [5.41, 5.74) is -0.287. The highest BCUT2D eigenvalue weighted by atomic mass is 16.7. The first kappa shape index (κ1) is 62.7. The number of nitrogens with zero attached hydrogens (tertiary/aromatic N) is 2. The average Bonchev–Trinajstić information content (AvgIpc) is 3.33. The molecule has 16 atom stereocenters. The van der Waals surface area contributed by atoms with Crippen LogP contribution in [0.25, 0.3) is 0 Å². The number of cyclic esters (lactones) is 1. The van der Waals surface area contributed by atoms with Crippen LogP contribution in [0.4, 0.5) is 0 Å². The Kier molecular flexibility index (Phi) is 25.6. The van der Waals surface area contributed by atoms with Crippen molar-refractivity contribution in [2.24, 2.45) is 17.8 Å². The summed E-state index contributed by atoms with van der Waals surface area (Å²) in [5.74, 6) is -4.53. The van der Waals surface area contributed by atoms with E-state index in [1.54, 1.807) is 27.7 Å². The summed E-state index contributed by atoms with van der Waals surface area (Å²) in [6.45, 7) is 16.6. The second kappa shape index (κ2) is 30.2. The van der Waals surface area contributed by atoms with Crippen LogP contribution in [0.3, 0.4) is 0 Å². The molecule has 3 heterocycles. The Hall–Kier alpha value is -3.79. The molecule has 3 aliphatic rings. The van der Waals surface area contributed by atoms with Gasteiger partial charge in [0.25, 0.3) is 0 Å². The summed E-state index contributed by atoms with van der Waals surface area (Å²) in [7, 11) is 8.17. The fourth-order valence-corrected chi connectivity index (χ4v) is 11.1. The number of aryl methyl sites for hydroxylation is 1. The van der Waals surface area contributed by atoms with Crippen molar-refractivity contribution in [3.05, 3.63) is 35.9 Å². The van der Waals surface area contributed by atoms with Gasteiger partial charge in [-0.05, 0) is 97.8 Å². The zero-order chi connectivity index (χ0) is 54.9. The van der Waals surface area contributed by atoms with E-state index < -0.39 is 127 Å². The highest BCUT2D eigenvalue weighted by Gasteiger charge is 2.57. The van der Waals surface area contributed by atoms with Crippen LogP contribution in [-0.2, 0) is 82.5 Å². The van der Waals surface area contributed by atoms with Crippen LogP contribution in [0, 0.1) is 17.8 Å². The number of hydrogen-bond donors (Lipinski definition) is 1. The Bertz CT molecular complexity index is 1880. The van der Waals surface area contributed by atoms with Gasteiger partial charge in [-0.2, -0.15) is 0 Å². The van der Waals surface area contributed by atoms with Crippen LogP contribution in [0.5, 0.6) is 0 Å². The minimum absolute atomic E-state index is 0.00450. The lowest BCUT2D eigenvalue weighted by atomic mass is 9.70. The molecule has 0 saturated carbocycles. The molecule has 3 fully saturated rings. The first-order valence-electron chi connectivity index (χ1n) is 26.7. The van der Waals surface area contributed by atoms with Gasteiger partial charge in [-0.1, -0.05) is 51.1 Å². The van der Waals surface area contributed by atoms with Gasteiger partial charge in [0.1, 0.15) is 48.3 Å². The normalized spacial score (nSPS) is 34.0. The SMILES string of the molecule is CCC(=O)O[C@@H]1CC(=O)O[C@H](C)CCN(CCCCc2ccccc2)C[C@H](OC(C)=O)[C@H](C)C[C@H](CC(OC)OC)[C@H]([C@@H]2O[C@H](C)[C@@H](O[C@@H]3C[C@@](C)(O)[C@@H](OC(=O)CC)[C@H](C)O3)[C@H](N(C)C)[C@H]2OC(C)=O)[C@@H]1OC. The van der Waals surface area contributed by atoms with Crippen molar-refractivity contribution in [3.8, 4) is 0 Å². The van der Waals surface area contributed by atoms with Gasteiger partial charge in [-0.25, -0.2) is 0 Å². The minimum atomic E-state index is -1.54. The maximum Gasteiger partial charge on any atom is 0.309 e. The maximum atomic E-state index is 14.2. The van der Waals surface area contributed by atoms with Crippen molar-refractivity contribution in [1.29, 1.82) is 0 Å². The van der Waals surface area contributed by atoms with Gasteiger partial charge in [0.05, 0.1) is 24.7 Å². The van der Waals surface area contributed by atoms with E-state index >= 15 is 0 Å². The van der Waals surface area contributed by atoms with Gasteiger partial charge in [-0.15, -0.1) is 0 Å². The lowest BCUT2D eigenvalue weighted by Gasteiger charge is -2.53. The molecule has 422 valence electrons. The Morgan fingerprint density at radius 1 is 0.838 bits per heavy atom. The number of carbonyl (C=O) groups excluding carboxylic acids is 5. The number of benzene rings is 1. The first-order valence-corrected chi connectivity index (χ1v) is 26.7. The summed E-state index contributed by atoms with van der Waals surface area (Å²) >= 11 is 0. The van der Waals surface area contributed by atoms with Crippen LogP contribution in [0.1, 0.15) is 126 Å². The van der Waals surface area contributed by atoms with Crippen molar-refractivity contribution in [2.45, 2.75) is 212 Å². The van der Waals surface area contributed by atoms with E-state index in [1.807, 2.05) is 58.0 Å². The molecule has 74 heavy (non-hydrogen) atoms. The Morgan fingerprint density at radius 3 is 2.07 bits per heavy atom. The Labute approximate surface area is 440 Å². The largest absolute Gasteiger partial charge is 0.463 e. The Balaban J connectivity index is 1.89. The summed E-state index contributed by atoms with van der Waals surface area (Å²) in [4.78, 5) is 70.8. The standard InChI is InChI=1S/C55H90N2O17/c1-15-43(60)72-41-30-45(62)67-34(4)25-27-57(26-21-20-24-39-22-18-17-19-23-39)32-42(70-37(7)58)33(3)28-40(29-46(64-12)65-13)48(51(41)66-14)52-53(71-38(8)59)49(56(10)11)50(35(5)69-52)74-47-31-55(9,63)54(36(6)68-47)73-44(61)16-2/h17-19,22-23,33-36,40-42,46-54,63H,15-16,20-21,24-32H2,1-14H3/t33-,34-,35-,36+,40-,41-,42+,47-,48+,49+,50-,51-,52+,53-,54+,55-/m1/s1. The molecule has 19 nitrogen and oxygen atoms in total. The van der Waals surface area contributed by atoms with E-state index in [-0.39, 0.29) is 38.0 Å². The molecule has 1 aromatic carbocycles. The summed E-state index contributed by atoms with van der Waals surface area (Å²) < 4.78 is 69.1. The highest BCUT2D eigenvalue weighted by molar-refractivity contribution is 5.73. The zero-order valence-electron chi connectivity index (χ0n) is 46.7. The number of methoxy groups -OCH3 is 3.